The molecule has 0 saturated carbocycles. The lowest BCUT2D eigenvalue weighted by Gasteiger charge is -2.34. The van der Waals surface area contributed by atoms with E-state index in [1.54, 1.807) is 11.8 Å². The first-order chi connectivity index (χ1) is 10.8. The third kappa shape index (κ3) is 2.68. The van der Waals surface area contributed by atoms with Gasteiger partial charge >= 0.3 is 0 Å². The van der Waals surface area contributed by atoms with Gasteiger partial charge in [0.2, 0.25) is 0 Å². The largest absolute Gasteiger partial charge is 0.468 e. The number of amides is 1. The molecule has 2 saturated heterocycles. The molecular weight excluding hydrogens is 298 g/mol. The van der Waals surface area contributed by atoms with E-state index in [2.05, 4.69) is 9.88 Å². The molecule has 0 radical (unpaired) electrons. The molecule has 1 amide bonds. The molecule has 116 valence electrons. The minimum Gasteiger partial charge on any atom is -0.468 e. The molecule has 0 N–H and O–H groups in total. The maximum Gasteiger partial charge on any atom is 0.273 e. The molecule has 6 heteroatoms. The third-order valence-electron chi connectivity index (χ3n) is 4.77. The standard InChI is InChI=1S/C16H19N3O2S/c20-16(15-10-22-11-17-15)19-4-3-12-6-18(7-13(12)8-19)9-14-2-1-5-21-14/h1-2,5,10-13H,3-4,6-9H2/t12-,13-/m1/s1. The van der Waals surface area contributed by atoms with E-state index >= 15 is 0 Å². The lowest BCUT2D eigenvalue weighted by Crippen LogP contribution is -2.43. The molecule has 4 heterocycles. The zero-order valence-corrected chi connectivity index (χ0v) is 13.2. The van der Waals surface area contributed by atoms with E-state index in [9.17, 15) is 4.79 Å². The predicted molar refractivity (Wildman–Crippen MR) is 83.6 cm³/mol. The molecule has 2 fully saturated rings. The van der Waals surface area contributed by atoms with Crippen LogP contribution in [0.25, 0.3) is 0 Å². The lowest BCUT2D eigenvalue weighted by molar-refractivity contribution is 0.0637. The Balaban J connectivity index is 1.38. The molecule has 2 aromatic rings. The molecule has 2 aliphatic heterocycles. The summed E-state index contributed by atoms with van der Waals surface area (Å²) in [7, 11) is 0. The first-order valence-electron chi connectivity index (χ1n) is 7.72. The van der Waals surface area contributed by atoms with E-state index in [1.165, 1.54) is 11.3 Å². The fraction of sp³-hybridized carbons (Fsp3) is 0.500. The topological polar surface area (TPSA) is 49.6 Å². The van der Waals surface area contributed by atoms with Crippen LogP contribution in [0.2, 0.25) is 0 Å². The number of rotatable bonds is 3. The van der Waals surface area contributed by atoms with Crippen molar-refractivity contribution in [3.63, 3.8) is 0 Å². The van der Waals surface area contributed by atoms with Crippen LogP contribution in [0.4, 0.5) is 0 Å². The second-order valence-corrected chi connectivity index (χ2v) is 6.93. The van der Waals surface area contributed by atoms with E-state index in [1.807, 2.05) is 22.4 Å². The van der Waals surface area contributed by atoms with E-state index in [0.717, 1.165) is 44.9 Å². The summed E-state index contributed by atoms with van der Waals surface area (Å²) in [4.78, 5) is 21.0. The van der Waals surface area contributed by atoms with Gasteiger partial charge in [-0.1, -0.05) is 0 Å². The van der Waals surface area contributed by atoms with Gasteiger partial charge in [-0.05, 0) is 30.4 Å². The van der Waals surface area contributed by atoms with E-state index in [4.69, 9.17) is 4.42 Å². The number of nitrogens with zero attached hydrogens (tertiary/aromatic N) is 3. The van der Waals surface area contributed by atoms with Crippen molar-refractivity contribution < 1.29 is 9.21 Å². The van der Waals surface area contributed by atoms with Crippen LogP contribution in [0.5, 0.6) is 0 Å². The van der Waals surface area contributed by atoms with Crippen molar-refractivity contribution in [3.05, 3.63) is 40.7 Å². The maximum atomic E-state index is 12.4. The quantitative estimate of drug-likeness (QED) is 0.872. The lowest BCUT2D eigenvalue weighted by atomic mass is 9.88. The summed E-state index contributed by atoms with van der Waals surface area (Å²) < 4.78 is 5.44. The molecule has 2 atom stereocenters. The number of hydrogen-bond donors (Lipinski definition) is 0. The molecule has 5 nitrogen and oxygen atoms in total. The number of thiazole rings is 1. The molecule has 0 unspecified atom stereocenters. The molecule has 0 aliphatic carbocycles. The van der Waals surface area contributed by atoms with Crippen LogP contribution in [0, 0.1) is 11.8 Å². The summed E-state index contributed by atoms with van der Waals surface area (Å²) in [6.45, 7) is 4.75. The third-order valence-corrected chi connectivity index (χ3v) is 5.36. The van der Waals surface area contributed by atoms with Crippen molar-refractivity contribution in [1.82, 2.24) is 14.8 Å². The van der Waals surface area contributed by atoms with E-state index in [0.29, 0.717) is 17.5 Å². The molecule has 22 heavy (non-hydrogen) atoms. The van der Waals surface area contributed by atoms with Gasteiger partial charge in [0, 0.05) is 31.6 Å². The highest BCUT2D eigenvalue weighted by Gasteiger charge is 2.38. The molecular formula is C16H19N3O2S. The Morgan fingerprint density at radius 1 is 1.36 bits per heavy atom. The van der Waals surface area contributed by atoms with E-state index in [-0.39, 0.29) is 5.91 Å². The van der Waals surface area contributed by atoms with Crippen molar-refractivity contribution >= 4 is 17.2 Å². The average molecular weight is 317 g/mol. The summed E-state index contributed by atoms with van der Waals surface area (Å²) in [6, 6.07) is 3.97. The fourth-order valence-electron chi connectivity index (χ4n) is 3.68. The Kier molecular flexibility index (Phi) is 3.72. The van der Waals surface area contributed by atoms with Gasteiger partial charge in [-0.25, -0.2) is 4.98 Å². The monoisotopic (exact) mass is 317 g/mol. The number of furan rings is 1. The van der Waals surface area contributed by atoms with Crippen LogP contribution in [0.1, 0.15) is 22.7 Å². The number of fused-ring (bicyclic) bond motifs is 1. The smallest absolute Gasteiger partial charge is 0.273 e. The number of piperidine rings is 1. The molecule has 0 spiro atoms. The van der Waals surface area contributed by atoms with Crippen LogP contribution in [0.15, 0.2) is 33.7 Å². The number of likely N-dealkylation sites (tertiary alicyclic amines) is 2. The Bertz CT molecular complexity index is 626. The van der Waals surface area contributed by atoms with Crippen molar-refractivity contribution in [2.45, 2.75) is 13.0 Å². The normalized spacial score (nSPS) is 25.4. The molecule has 2 aromatic heterocycles. The number of hydrogen-bond acceptors (Lipinski definition) is 5. The van der Waals surface area contributed by atoms with Crippen LogP contribution in [-0.4, -0.2) is 46.9 Å². The summed E-state index contributed by atoms with van der Waals surface area (Å²) in [5, 5.41) is 1.84. The zero-order chi connectivity index (χ0) is 14.9. The highest BCUT2D eigenvalue weighted by Crippen LogP contribution is 2.32. The summed E-state index contributed by atoms with van der Waals surface area (Å²) in [6.07, 6.45) is 2.82. The van der Waals surface area contributed by atoms with Crippen molar-refractivity contribution in [3.8, 4) is 0 Å². The first kappa shape index (κ1) is 14.0. The molecule has 4 rings (SSSR count). The summed E-state index contributed by atoms with van der Waals surface area (Å²) in [5.41, 5.74) is 2.31. The van der Waals surface area contributed by atoms with Crippen LogP contribution >= 0.6 is 11.3 Å². The molecule has 2 aliphatic rings. The highest BCUT2D eigenvalue weighted by molar-refractivity contribution is 7.07. The van der Waals surface area contributed by atoms with Gasteiger partial charge in [-0.3, -0.25) is 9.69 Å². The molecule has 0 aromatic carbocycles. The van der Waals surface area contributed by atoms with Gasteiger partial charge in [0.1, 0.15) is 11.5 Å². The van der Waals surface area contributed by atoms with Crippen molar-refractivity contribution in [2.24, 2.45) is 11.8 Å². The molecule has 0 bridgehead atoms. The maximum absolute atomic E-state index is 12.4. The summed E-state index contributed by atoms with van der Waals surface area (Å²) in [5.74, 6) is 2.39. The fourth-order valence-corrected chi connectivity index (χ4v) is 4.21. The van der Waals surface area contributed by atoms with Gasteiger partial charge in [0.15, 0.2) is 0 Å². The minimum absolute atomic E-state index is 0.0872. The highest BCUT2D eigenvalue weighted by atomic mass is 32.1. The summed E-state index contributed by atoms with van der Waals surface area (Å²) >= 11 is 1.48. The van der Waals surface area contributed by atoms with Gasteiger partial charge in [-0.2, -0.15) is 0 Å². The zero-order valence-electron chi connectivity index (χ0n) is 12.4. The second-order valence-electron chi connectivity index (χ2n) is 6.21. The Morgan fingerprint density at radius 3 is 3.05 bits per heavy atom. The van der Waals surface area contributed by atoms with Gasteiger partial charge < -0.3 is 9.32 Å². The Morgan fingerprint density at radius 2 is 2.27 bits per heavy atom. The van der Waals surface area contributed by atoms with E-state index < -0.39 is 0 Å². The van der Waals surface area contributed by atoms with Crippen LogP contribution < -0.4 is 0 Å². The Hall–Kier alpha value is -1.66. The number of aromatic nitrogens is 1. The SMILES string of the molecule is O=C(c1cscn1)N1CC[C@@H]2CN(Cc3ccco3)C[C@@H]2C1. The van der Waals surface area contributed by atoms with Gasteiger partial charge in [0.05, 0.1) is 18.3 Å². The minimum atomic E-state index is 0.0872. The van der Waals surface area contributed by atoms with Gasteiger partial charge in [-0.15, -0.1) is 11.3 Å². The first-order valence-corrected chi connectivity index (χ1v) is 8.66. The van der Waals surface area contributed by atoms with Crippen molar-refractivity contribution in [1.29, 1.82) is 0 Å². The number of carbonyl (C=O) groups excluding carboxylic acids is 1. The Labute approximate surface area is 133 Å². The van der Waals surface area contributed by atoms with Gasteiger partial charge in [0.25, 0.3) is 5.91 Å². The van der Waals surface area contributed by atoms with Crippen LogP contribution in [-0.2, 0) is 6.54 Å². The average Bonchev–Trinajstić information content (AvgIpc) is 3.27. The van der Waals surface area contributed by atoms with Crippen LogP contribution in [0.3, 0.4) is 0 Å². The number of carbonyl (C=O) groups is 1. The second kappa shape index (κ2) is 5.85. The van der Waals surface area contributed by atoms with Crippen molar-refractivity contribution in [2.75, 3.05) is 26.2 Å². The predicted octanol–water partition coefficient (Wildman–Crippen LogP) is 2.33.